The van der Waals surface area contributed by atoms with E-state index in [1.54, 1.807) is 24.3 Å². The van der Waals surface area contributed by atoms with Crippen molar-refractivity contribution in [2.24, 2.45) is 5.92 Å². The number of methoxy groups -OCH3 is 1. The SMILES string of the molecule is COC(=O)[C@H]1C(=O)NC(SCc2ccc(Cl)cc2)=C(C#N)[C@H]1c1ccccc1. The van der Waals surface area contributed by atoms with E-state index in [9.17, 15) is 14.9 Å². The van der Waals surface area contributed by atoms with Gasteiger partial charge in [-0.05, 0) is 23.3 Å². The number of rotatable bonds is 5. The molecule has 0 spiro atoms. The molecule has 0 aliphatic carbocycles. The third-order valence-electron chi connectivity index (χ3n) is 4.44. The van der Waals surface area contributed by atoms with Crippen LogP contribution in [0.1, 0.15) is 17.0 Å². The molecule has 1 heterocycles. The van der Waals surface area contributed by atoms with Gasteiger partial charge in [0, 0.05) is 16.7 Å². The molecule has 1 aliphatic heterocycles. The normalized spacial score (nSPS) is 19.0. The van der Waals surface area contributed by atoms with Crippen LogP contribution in [0.25, 0.3) is 0 Å². The van der Waals surface area contributed by atoms with Gasteiger partial charge in [-0.1, -0.05) is 54.1 Å². The minimum Gasteiger partial charge on any atom is -0.468 e. The number of nitrogens with zero attached hydrogens (tertiary/aromatic N) is 1. The Morgan fingerprint density at radius 3 is 2.50 bits per heavy atom. The van der Waals surface area contributed by atoms with Crippen LogP contribution in [0.3, 0.4) is 0 Å². The van der Waals surface area contributed by atoms with Gasteiger partial charge in [-0.15, -0.1) is 11.8 Å². The van der Waals surface area contributed by atoms with Crippen LogP contribution in [0.5, 0.6) is 0 Å². The molecule has 2 aromatic rings. The maximum atomic E-state index is 12.7. The van der Waals surface area contributed by atoms with E-state index >= 15 is 0 Å². The predicted molar refractivity (Wildman–Crippen MR) is 108 cm³/mol. The first-order chi connectivity index (χ1) is 13.5. The first kappa shape index (κ1) is 20.0. The standard InChI is InChI=1S/C21H17ClN2O3S/c1-27-21(26)18-17(14-5-3-2-4-6-14)16(11-23)20(24-19(18)25)28-12-13-7-9-15(22)10-8-13/h2-10,17-18H,12H2,1H3,(H,24,25)/t17-,18-/m1/s1. The van der Waals surface area contributed by atoms with Gasteiger partial charge >= 0.3 is 5.97 Å². The summed E-state index contributed by atoms with van der Waals surface area (Å²) in [6.45, 7) is 0. The van der Waals surface area contributed by atoms with Crippen LogP contribution in [0.2, 0.25) is 5.02 Å². The Balaban J connectivity index is 1.98. The van der Waals surface area contributed by atoms with Crippen molar-refractivity contribution in [3.63, 3.8) is 0 Å². The minimum atomic E-state index is -1.11. The first-order valence-electron chi connectivity index (χ1n) is 8.50. The number of hydrogen-bond acceptors (Lipinski definition) is 5. The lowest BCUT2D eigenvalue weighted by Gasteiger charge is -2.31. The van der Waals surface area contributed by atoms with Gasteiger partial charge in [-0.25, -0.2) is 0 Å². The molecular weight excluding hydrogens is 396 g/mol. The Hall–Kier alpha value is -2.75. The Kier molecular flexibility index (Phi) is 6.40. The number of nitrogens with one attached hydrogen (secondary N) is 1. The number of carbonyl (C=O) groups is 2. The van der Waals surface area contributed by atoms with Crippen LogP contribution >= 0.6 is 23.4 Å². The largest absolute Gasteiger partial charge is 0.468 e. The molecule has 0 aromatic heterocycles. The van der Waals surface area contributed by atoms with Crippen LogP contribution in [0, 0.1) is 17.2 Å². The molecule has 2 aromatic carbocycles. The molecule has 0 saturated heterocycles. The second-order valence-corrected chi connectivity index (χ2v) is 7.57. The van der Waals surface area contributed by atoms with Gasteiger partial charge in [0.25, 0.3) is 0 Å². The second-order valence-electron chi connectivity index (χ2n) is 6.15. The molecule has 1 N–H and O–H groups in total. The summed E-state index contributed by atoms with van der Waals surface area (Å²) in [5, 5.41) is 13.7. The quantitative estimate of drug-likeness (QED) is 0.592. The smallest absolute Gasteiger partial charge is 0.319 e. The summed E-state index contributed by atoms with van der Waals surface area (Å²) in [6.07, 6.45) is 0. The molecule has 2 atom stereocenters. The highest BCUT2D eigenvalue weighted by Crippen LogP contribution is 2.40. The van der Waals surface area contributed by atoms with Crippen molar-refractivity contribution in [1.82, 2.24) is 5.32 Å². The number of nitriles is 1. The van der Waals surface area contributed by atoms with Gasteiger partial charge in [-0.2, -0.15) is 5.26 Å². The summed E-state index contributed by atoms with van der Waals surface area (Å²) >= 11 is 7.25. The molecule has 1 aliphatic rings. The van der Waals surface area contributed by atoms with Crippen molar-refractivity contribution >= 4 is 35.2 Å². The summed E-state index contributed by atoms with van der Waals surface area (Å²) in [4.78, 5) is 25.0. The fraction of sp³-hybridized carbons (Fsp3) is 0.190. The van der Waals surface area contributed by atoms with E-state index in [4.69, 9.17) is 16.3 Å². The van der Waals surface area contributed by atoms with Crippen LogP contribution in [0.4, 0.5) is 0 Å². The number of thioether (sulfide) groups is 1. The van der Waals surface area contributed by atoms with Gasteiger partial charge < -0.3 is 10.1 Å². The maximum absolute atomic E-state index is 12.7. The summed E-state index contributed by atoms with van der Waals surface area (Å²) < 4.78 is 4.83. The predicted octanol–water partition coefficient (Wildman–Crippen LogP) is 4.01. The van der Waals surface area contributed by atoms with E-state index in [0.717, 1.165) is 5.56 Å². The molecule has 0 radical (unpaired) electrons. The van der Waals surface area contributed by atoms with Gasteiger partial charge in [0.1, 0.15) is 5.92 Å². The van der Waals surface area contributed by atoms with Gasteiger partial charge in [0.2, 0.25) is 5.91 Å². The van der Waals surface area contributed by atoms with Gasteiger partial charge in [0.05, 0.1) is 23.8 Å². The molecule has 1 amide bonds. The molecule has 28 heavy (non-hydrogen) atoms. The number of benzene rings is 2. The fourth-order valence-electron chi connectivity index (χ4n) is 3.08. The van der Waals surface area contributed by atoms with Crippen molar-refractivity contribution in [2.45, 2.75) is 11.7 Å². The van der Waals surface area contributed by atoms with E-state index in [1.165, 1.54) is 18.9 Å². The molecule has 7 heteroatoms. The number of hydrogen-bond donors (Lipinski definition) is 1. The molecule has 0 fully saturated rings. The van der Waals surface area contributed by atoms with Crippen LogP contribution in [-0.2, 0) is 20.1 Å². The highest BCUT2D eigenvalue weighted by molar-refractivity contribution is 8.02. The van der Waals surface area contributed by atoms with E-state index in [-0.39, 0.29) is 0 Å². The third kappa shape index (κ3) is 4.22. The van der Waals surface area contributed by atoms with Gasteiger partial charge in [0.15, 0.2) is 0 Å². The first-order valence-corrected chi connectivity index (χ1v) is 9.86. The lowest BCUT2D eigenvalue weighted by molar-refractivity contribution is -0.150. The van der Waals surface area contributed by atoms with Crippen molar-refractivity contribution in [3.8, 4) is 6.07 Å². The number of carbonyl (C=O) groups excluding carboxylic acids is 2. The molecule has 0 bridgehead atoms. The highest BCUT2D eigenvalue weighted by atomic mass is 35.5. The zero-order valence-corrected chi connectivity index (χ0v) is 16.6. The number of halogens is 1. The van der Waals surface area contributed by atoms with E-state index < -0.39 is 23.7 Å². The Bertz CT molecular complexity index is 952. The molecule has 0 unspecified atom stereocenters. The number of amides is 1. The number of esters is 1. The maximum Gasteiger partial charge on any atom is 0.319 e. The Morgan fingerprint density at radius 1 is 1.21 bits per heavy atom. The summed E-state index contributed by atoms with van der Waals surface area (Å²) in [6, 6.07) is 18.6. The zero-order chi connectivity index (χ0) is 20.1. The minimum absolute atomic E-state index is 0.347. The molecule has 5 nitrogen and oxygen atoms in total. The van der Waals surface area contributed by atoms with Crippen LogP contribution in [0.15, 0.2) is 65.2 Å². The third-order valence-corrected chi connectivity index (χ3v) is 5.78. The lowest BCUT2D eigenvalue weighted by atomic mass is 9.78. The van der Waals surface area contributed by atoms with E-state index in [2.05, 4.69) is 11.4 Å². The van der Waals surface area contributed by atoms with Gasteiger partial charge in [-0.3, -0.25) is 9.59 Å². The zero-order valence-electron chi connectivity index (χ0n) is 15.0. The summed E-state index contributed by atoms with van der Waals surface area (Å²) in [7, 11) is 1.23. The van der Waals surface area contributed by atoms with Crippen molar-refractivity contribution in [2.75, 3.05) is 7.11 Å². The van der Waals surface area contributed by atoms with Crippen molar-refractivity contribution in [3.05, 3.63) is 81.3 Å². The lowest BCUT2D eigenvalue weighted by Crippen LogP contribution is -2.44. The topological polar surface area (TPSA) is 79.2 Å². The Morgan fingerprint density at radius 2 is 1.89 bits per heavy atom. The summed E-state index contributed by atoms with van der Waals surface area (Å²) in [5.74, 6) is -2.40. The average Bonchev–Trinajstić information content (AvgIpc) is 2.72. The van der Waals surface area contributed by atoms with E-state index in [1.807, 2.05) is 30.3 Å². The molecular formula is C21H17ClN2O3S. The Labute approximate surface area is 172 Å². The number of ether oxygens (including phenoxy) is 1. The van der Waals surface area contributed by atoms with Crippen LogP contribution in [-0.4, -0.2) is 19.0 Å². The van der Waals surface area contributed by atoms with Crippen molar-refractivity contribution in [1.29, 1.82) is 5.26 Å². The van der Waals surface area contributed by atoms with E-state index in [0.29, 0.717) is 26.9 Å². The summed E-state index contributed by atoms with van der Waals surface area (Å²) in [5.41, 5.74) is 2.06. The highest BCUT2D eigenvalue weighted by Gasteiger charge is 2.44. The fourth-order valence-corrected chi connectivity index (χ4v) is 4.21. The average molecular weight is 413 g/mol. The monoisotopic (exact) mass is 412 g/mol. The molecule has 0 saturated carbocycles. The number of allylic oxidation sites excluding steroid dienone is 1. The molecule has 3 rings (SSSR count). The second kappa shape index (κ2) is 8.96. The van der Waals surface area contributed by atoms with Crippen molar-refractivity contribution < 1.29 is 14.3 Å². The molecule has 142 valence electrons. The van der Waals surface area contributed by atoms with Crippen LogP contribution < -0.4 is 5.32 Å².